The number of carbonyl (C=O) groups is 1. The van der Waals surface area contributed by atoms with E-state index in [4.69, 9.17) is 11.6 Å². The zero-order valence-electron chi connectivity index (χ0n) is 12.3. The van der Waals surface area contributed by atoms with E-state index in [-0.39, 0.29) is 11.2 Å². The Morgan fingerprint density at radius 2 is 1.67 bits per heavy atom. The molecule has 1 atom stereocenters. The van der Waals surface area contributed by atoms with E-state index in [2.05, 4.69) is 0 Å². The van der Waals surface area contributed by atoms with Crippen LogP contribution in [0.1, 0.15) is 12.5 Å². The smallest absolute Gasteiger partial charge is 0.239 e. The lowest BCUT2D eigenvalue weighted by Crippen LogP contribution is -2.33. The summed E-state index contributed by atoms with van der Waals surface area (Å²) in [6.07, 6.45) is 0. The fourth-order valence-electron chi connectivity index (χ4n) is 1.94. The fourth-order valence-corrected chi connectivity index (χ4v) is 3.02. The number of halogens is 1. The van der Waals surface area contributed by atoms with Crippen molar-refractivity contribution >= 4 is 35.0 Å². The minimum absolute atomic E-state index is 0.0822. The predicted octanol–water partition coefficient (Wildman–Crippen LogP) is 4.79. The highest BCUT2D eigenvalue weighted by Gasteiger charge is 2.19. The quantitative estimate of drug-likeness (QED) is 0.755. The average Bonchev–Trinajstić information content (AvgIpc) is 2.49. The third kappa shape index (κ3) is 4.26. The van der Waals surface area contributed by atoms with E-state index >= 15 is 0 Å². The Balaban J connectivity index is 2.04. The van der Waals surface area contributed by atoms with Crippen molar-refractivity contribution in [2.75, 3.05) is 11.9 Å². The van der Waals surface area contributed by atoms with E-state index in [1.54, 1.807) is 4.90 Å². The van der Waals surface area contributed by atoms with E-state index in [0.29, 0.717) is 5.02 Å². The third-order valence-corrected chi connectivity index (χ3v) is 4.58. The van der Waals surface area contributed by atoms with Crippen LogP contribution in [0.3, 0.4) is 0 Å². The summed E-state index contributed by atoms with van der Waals surface area (Å²) in [6, 6.07) is 15.5. The maximum absolute atomic E-state index is 12.5. The molecule has 0 saturated carbocycles. The number of hydrogen-bond acceptors (Lipinski definition) is 2. The second kappa shape index (κ2) is 7.01. The van der Waals surface area contributed by atoms with Gasteiger partial charge in [0, 0.05) is 22.7 Å². The SMILES string of the molecule is Cc1ccc(N(C)C(=O)C(C)Sc2ccc(Cl)cc2)cc1. The van der Waals surface area contributed by atoms with Crippen molar-refractivity contribution in [2.24, 2.45) is 0 Å². The lowest BCUT2D eigenvalue weighted by Gasteiger charge is -2.21. The second-order valence-corrected chi connectivity index (χ2v) is 6.80. The number of aryl methyl sites for hydroxylation is 1. The van der Waals surface area contributed by atoms with Gasteiger partial charge in [0.1, 0.15) is 0 Å². The molecule has 0 fully saturated rings. The summed E-state index contributed by atoms with van der Waals surface area (Å²) in [6.45, 7) is 3.96. The molecule has 0 aliphatic heterocycles. The van der Waals surface area contributed by atoms with E-state index in [9.17, 15) is 4.79 Å². The Labute approximate surface area is 135 Å². The molecule has 1 unspecified atom stereocenters. The van der Waals surface area contributed by atoms with Gasteiger partial charge in [-0.2, -0.15) is 0 Å². The number of carbonyl (C=O) groups excluding carboxylic acids is 1. The molecular formula is C17H18ClNOS. The van der Waals surface area contributed by atoms with Crippen molar-refractivity contribution in [1.82, 2.24) is 0 Å². The molecule has 21 heavy (non-hydrogen) atoms. The first-order valence-corrected chi connectivity index (χ1v) is 7.99. The Bertz CT molecular complexity index is 610. The van der Waals surface area contributed by atoms with Gasteiger partial charge in [-0.15, -0.1) is 11.8 Å². The summed E-state index contributed by atoms with van der Waals surface area (Å²) in [5.41, 5.74) is 2.09. The first-order chi connectivity index (χ1) is 9.97. The molecule has 2 aromatic rings. The molecule has 0 radical (unpaired) electrons. The van der Waals surface area contributed by atoms with Gasteiger partial charge in [-0.05, 0) is 50.2 Å². The van der Waals surface area contributed by atoms with Crippen LogP contribution >= 0.6 is 23.4 Å². The van der Waals surface area contributed by atoms with Crippen LogP contribution < -0.4 is 4.90 Å². The van der Waals surface area contributed by atoms with Crippen LogP contribution in [0, 0.1) is 6.92 Å². The van der Waals surface area contributed by atoms with Crippen LogP contribution in [0.2, 0.25) is 5.02 Å². The minimum Gasteiger partial charge on any atom is -0.315 e. The molecule has 4 heteroatoms. The van der Waals surface area contributed by atoms with Gasteiger partial charge in [-0.1, -0.05) is 29.3 Å². The summed E-state index contributed by atoms with van der Waals surface area (Å²) < 4.78 is 0. The maximum atomic E-state index is 12.5. The maximum Gasteiger partial charge on any atom is 0.239 e. The summed E-state index contributed by atoms with van der Waals surface area (Å²) in [5.74, 6) is 0.0822. The number of amides is 1. The molecule has 0 aliphatic rings. The standard InChI is InChI=1S/C17H18ClNOS/c1-12-4-8-15(9-5-12)19(3)17(20)13(2)21-16-10-6-14(18)7-11-16/h4-11,13H,1-3H3. The molecule has 0 N–H and O–H groups in total. The minimum atomic E-state index is -0.155. The molecule has 2 rings (SSSR count). The first kappa shape index (κ1) is 15.9. The number of hydrogen-bond donors (Lipinski definition) is 0. The molecule has 2 nitrogen and oxygen atoms in total. The average molecular weight is 320 g/mol. The van der Waals surface area contributed by atoms with Crippen molar-refractivity contribution < 1.29 is 4.79 Å². The van der Waals surface area contributed by atoms with Crippen LogP contribution in [0.15, 0.2) is 53.4 Å². The van der Waals surface area contributed by atoms with Crippen LogP contribution in [-0.2, 0) is 4.79 Å². The van der Waals surface area contributed by atoms with Crippen molar-refractivity contribution in [2.45, 2.75) is 24.0 Å². The molecule has 0 aromatic heterocycles. The molecular weight excluding hydrogens is 302 g/mol. The van der Waals surface area contributed by atoms with Gasteiger partial charge in [-0.3, -0.25) is 4.79 Å². The van der Waals surface area contributed by atoms with Gasteiger partial charge >= 0.3 is 0 Å². The van der Waals surface area contributed by atoms with Gasteiger partial charge < -0.3 is 4.90 Å². The first-order valence-electron chi connectivity index (χ1n) is 6.74. The number of nitrogens with zero attached hydrogens (tertiary/aromatic N) is 1. The number of benzene rings is 2. The molecule has 0 heterocycles. The lowest BCUT2D eigenvalue weighted by atomic mass is 10.2. The molecule has 2 aromatic carbocycles. The fraction of sp³-hybridized carbons (Fsp3) is 0.235. The van der Waals surface area contributed by atoms with E-state index in [0.717, 1.165) is 10.6 Å². The highest BCUT2D eigenvalue weighted by atomic mass is 35.5. The van der Waals surface area contributed by atoms with Crippen LogP contribution in [0.25, 0.3) is 0 Å². The van der Waals surface area contributed by atoms with Crippen molar-refractivity contribution in [3.63, 3.8) is 0 Å². The molecule has 110 valence electrons. The third-order valence-electron chi connectivity index (χ3n) is 3.23. The Kier molecular flexibility index (Phi) is 5.32. The summed E-state index contributed by atoms with van der Waals surface area (Å²) >= 11 is 7.41. The second-order valence-electron chi connectivity index (χ2n) is 4.95. The number of rotatable bonds is 4. The molecule has 1 amide bonds. The Morgan fingerprint density at radius 1 is 1.10 bits per heavy atom. The van der Waals surface area contributed by atoms with Gasteiger partial charge in [0.05, 0.1) is 5.25 Å². The topological polar surface area (TPSA) is 20.3 Å². The summed E-state index contributed by atoms with van der Waals surface area (Å²) in [4.78, 5) is 15.2. The monoisotopic (exact) mass is 319 g/mol. The van der Waals surface area contributed by atoms with Gasteiger partial charge in [0.15, 0.2) is 0 Å². The molecule has 0 aliphatic carbocycles. The van der Waals surface area contributed by atoms with Crippen molar-refractivity contribution in [3.8, 4) is 0 Å². The zero-order chi connectivity index (χ0) is 15.4. The van der Waals surface area contributed by atoms with Crippen LogP contribution in [0.5, 0.6) is 0 Å². The van der Waals surface area contributed by atoms with Crippen LogP contribution in [-0.4, -0.2) is 18.2 Å². The van der Waals surface area contributed by atoms with E-state index in [1.165, 1.54) is 17.3 Å². The number of anilines is 1. The van der Waals surface area contributed by atoms with Crippen LogP contribution in [0.4, 0.5) is 5.69 Å². The largest absolute Gasteiger partial charge is 0.315 e. The summed E-state index contributed by atoms with van der Waals surface area (Å²) in [5, 5.41) is 0.549. The molecule has 0 bridgehead atoms. The van der Waals surface area contributed by atoms with Crippen molar-refractivity contribution in [1.29, 1.82) is 0 Å². The Hall–Kier alpha value is -1.45. The molecule has 0 saturated heterocycles. The highest BCUT2D eigenvalue weighted by molar-refractivity contribution is 8.00. The van der Waals surface area contributed by atoms with E-state index < -0.39 is 0 Å². The predicted molar refractivity (Wildman–Crippen MR) is 91.4 cm³/mol. The highest BCUT2D eigenvalue weighted by Crippen LogP contribution is 2.27. The number of thioether (sulfide) groups is 1. The van der Waals surface area contributed by atoms with Gasteiger partial charge in [0.25, 0.3) is 0 Å². The van der Waals surface area contributed by atoms with Gasteiger partial charge in [-0.25, -0.2) is 0 Å². The normalized spacial score (nSPS) is 12.0. The van der Waals surface area contributed by atoms with Gasteiger partial charge in [0.2, 0.25) is 5.91 Å². The zero-order valence-corrected chi connectivity index (χ0v) is 13.9. The lowest BCUT2D eigenvalue weighted by molar-refractivity contribution is -0.117. The summed E-state index contributed by atoms with van der Waals surface area (Å²) in [7, 11) is 1.81. The van der Waals surface area contributed by atoms with Crippen molar-refractivity contribution in [3.05, 3.63) is 59.1 Å². The molecule has 0 spiro atoms. The Morgan fingerprint density at radius 3 is 2.24 bits per heavy atom. The van der Waals surface area contributed by atoms with E-state index in [1.807, 2.05) is 69.4 Å².